The molecule has 0 atom stereocenters. The van der Waals surface area contributed by atoms with E-state index in [1.807, 2.05) is 36.4 Å². The second-order valence-electron chi connectivity index (χ2n) is 2.63. The maximum atomic E-state index is 4.13. The summed E-state index contributed by atoms with van der Waals surface area (Å²) >= 11 is 0. The van der Waals surface area contributed by atoms with E-state index in [0.29, 0.717) is 0 Å². The zero-order valence-electron chi connectivity index (χ0n) is 7.07. The Morgan fingerprint density at radius 3 is 2.69 bits per heavy atom. The molecule has 0 saturated carbocycles. The van der Waals surface area contributed by atoms with Crippen molar-refractivity contribution in [2.75, 3.05) is 5.32 Å². The lowest BCUT2D eigenvalue weighted by molar-refractivity contribution is 1.31. The van der Waals surface area contributed by atoms with Gasteiger partial charge in [0.15, 0.2) is 0 Å². The van der Waals surface area contributed by atoms with Crippen molar-refractivity contribution in [1.29, 1.82) is 0 Å². The van der Waals surface area contributed by atoms with Crippen molar-refractivity contribution in [3.63, 3.8) is 0 Å². The standard InChI is InChI=1S/C11H9N2/c1-2-6-10(7-3-1)13-11-8-4-5-9-12-11/h1-3,5-9H,(H,12,13). The Labute approximate surface area is 77.3 Å². The fraction of sp³-hybridized carbons (Fsp3) is 0. The average Bonchev–Trinajstić information content (AvgIpc) is 2.21. The maximum Gasteiger partial charge on any atom is 0.130 e. The lowest BCUT2D eigenvalue weighted by Crippen LogP contribution is -1.91. The van der Waals surface area contributed by atoms with Crippen molar-refractivity contribution < 1.29 is 0 Å². The van der Waals surface area contributed by atoms with Gasteiger partial charge < -0.3 is 5.32 Å². The third kappa shape index (κ3) is 2.06. The van der Waals surface area contributed by atoms with Gasteiger partial charge >= 0.3 is 0 Å². The number of hydrogen-bond donors (Lipinski definition) is 1. The summed E-state index contributed by atoms with van der Waals surface area (Å²) < 4.78 is 0. The topological polar surface area (TPSA) is 24.9 Å². The second-order valence-corrected chi connectivity index (χ2v) is 2.63. The quantitative estimate of drug-likeness (QED) is 0.747. The molecule has 0 fully saturated rings. The monoisotopic (exact) mass is 169 g/mol. The van der Waals surface area contributed by atoms with E-state index < -0.39 is 0 Å². The predicted octanol–water partition coefficient (Wildman–Crippen LogP) is 2.63. The van der Waals surface area contributed by atoms with Crippen LogP contribution in [-0.4, -0.2) is 4.98 Å². The Bertz CT molecular complexity index is 319. The third-order valence-corrected chi connectivity index (χ3v) is 1.65. The lowest BCUT2D eigenvalue weighted by Gasteiger charge is -2.03. The highest BCUT2D eigenvalue weighted by atomic mass is 15.0. The molecule has 1 heterocycles. The molecule has 63 valence electrons. The van der Waals surface area contributed by atoms with Crippen LogP contribution in [0.15, 0.2) is 48.7 Å². The molecule has 2 heteroatoms. The molecule has 0 aliphatic rings. The second kappa shape index (κ2) is 3.72. The highest BCUT2D eigenvalue weighted by Crippen LogP contribution is 2.11. The van der Waals surface area contributed by atoms with Crippen LogP contribution in [-0.2, 0) is 0 Å². The molecule has 1 N–H and O–H groups in total. The molecule has 0 aliphatic carbocycles. The van der Waals surface area contributed by atoms with Gasteiger partial charge in [-0.15, -0.1) is 0 Å². The molecule has 1 radical (unpaired) electrons. The van der Waals surface area contributed by atoms with Crippen LogP contribution in [0.2, 0.25) is 0 Å². The van der Waals surface area contributed by atoms with Crippen molar-refractivity contribution in [3.8, 4) is 0 Å². The van der Waals surface area contributed by atoms with Crippen LogP contribution in [0.5, 0.6) is 0 Å². The number of hydrogen-bond acceptors (Lipinski definition) is 2. The summed E-state index contributed by atoms with van der Waals surface area (Å²) in [5.41, 5.74) is 1.04. The Morgan fingerprint density at radius 2 is 2.00 bits per heavy atom. The van der Waals surface area contributed by atoms with E-state index in [1.165, 1.54) is 0 Å². The molecule has 0 aliphatic heterocycles. The maximum absolute atomic E-state index is 4.13. The Balaban J connectivity index is 2.16. The van der Waals surface area contributed by atoms with Crippen LogP contribution < -0.4 is 5.32 Å². The van der Waals surface area contributed by atoms with Gasteiger partial charge in [-0.05, 0) is 30.3 Å². The van der Waals surface area contributed by atoms with Gasteiger partial charge in [0.2, 0.25) is 0 Å². The van der Waals surface area contributed by atoms with Gasteiger partial charge in [0.1, 0.15) is 5.82 Å². The van der Waals surface area contributed by atoms with E-state index in [9.17, 15) is 0 Å². The summed E-state index contributed by atoms with van der Waals surface area (Å²) in [6.45, 7) is 0. The van der Waals surface area contributed by atoms with Crippen LogP contribution >= 0.6 is 0 Å². The molecule has 0 amide bonds. The summed E-state index contributed by atoms with van der Waals surface area (Å²) in [4.78, 5) is 4.13. The Kier molecular flexibility index (Phi) is 2.23. The smallest absolute Gasteiger partial charge is 0.130 e. The van der Waals surface area contributed by atoms with Crippen molar-refractivity contribution in [2.45, 2.75) is 0 Å². The van der Waals surface area contributed by atoms with E-state index in [4.69, 9.17) is 0 Å². The third-order valence-electron chi connectivity index (χ3n) is 1.65. The van der Waals surface area contributed by atoms with Crippen molar-refractivity contribution in [3.05, 3.63) is 54.7 Å². The first-order chi connectivity index (χ1) is 6.45. The fourth-order valence-electron chi connectivity index (χ4n) is 1.06. The van der Waals surface area contributed by atoms with Crippen molar-refractivity contribution >= 4 is 11.5 Å². The van der Waals surface area contributed by atoms with Gasteiger partial charge in [0, 0.05) is 11.9 Å². The van der Waals surface area contributed by atoms with Gasteiger partial charge in [-0.3, -0.25) is 0 Å². The molecule has 2 aromatic rings. The highest BCUT2D eigenvalue weighted by molar-refractivity contribution is 5.54. The van der Waals surface area contributed by atoms with Crippen LogP contribution in [0, 0.1) is 6.07 Å². The Morgan fingerprint density at radius 1 is 1.15 bits per heavy atom. The number of nitrogens with zero attached hydrogens (tertiary/aromatic N) is 1. The van der Waals surface area contributed by atoms with Crippen LogP contribution in [0.4, 0.5) is 11.5 Å². The fourth-order valence-corrected chi connectivity index (χ4v) is 1.06. The van der Waals surface area contributed by atoms with Crippen molar-refractivity contribution in [2.24, 2.45) is 0 Å². The van der Waals surface area contributed by atoms with Gasteiger partial charge in [-0.2, -0.15) is 0 Å². The van der Waals surface area contributed by atoms with Gasteiger partial charge in [-0.1, -0.05) is 18.2 Å². The summed E-state index contributed by atoms with van der Waals surface area (Å²) in [5.74, 6) is 0.814. The van der Waals surface area contributed by atoms with E-state index >= 15 is 0 Å². The van der Waals surface area contributed by atoms with Crippen molar-refractivity contribution in [1.82, 2.24) is 4.98 Å². The first kappa shape index (κ1) is 7.80. The normalized spacial score (nSPS) is 9.54. The molecular weight excluding hydrogens is 160 g/mol. The molecule has 0 spiro atoms. The predicted molar refractivity (Wildman–Crippen MR) is 52.8 cm³/mol. The first-order valence-electron chi connectivity index (χ1n) is 4.09. The zero-order valence-corrected chi connectivity index (χ0v) is 7.07. The minimum atomic E-state index is 0.814. The molecular formula is C11H9N2. The van der Waals surface area contributed by atoms with Crippen LogP contribution in [0.25, 0.3) is 0 Å². The van der Waals surface area contributed by atoms with Gasteiger partial charge in [0.05, 0.1) is 0 Å². The van der Waals surface area contributed by atoms with Crippen LogP contribution in [0.3, 0.4) is 0 Å². The van der Waals surface area contributed by atoms with E-state index in [0.717, 1.165) is 11.5 Å². The SMILES string of the molecule is [c]1ccnc(Nc2ccccc2)c1. The molecule has 2 rings (SSSR count). The molecule has 1 aromatic carbocycles. The number of nitrogens with one attached hydrogen (secondary N) is 1. The Hall–Kier alpha value is -1.83. The number of anilines is 2. The molecule has 1 aromatic heterocycles. The summed E-state index contributed by atoms with van der Waals surface area (Å²) in [7, 11) is 0. The lowest BCUT2D eigenvalue weighted by atomic mass is 10.3. The molecule has 0 unspecified atom stereocenters. The number of rotatable bonds is 2. The van der Waals surface area contributed by atoms with Gasteiger partial charge in [-0.25, -0.2) is 4.98 Å². The molecule has 2 nitrogen and oxygen atoms in total. The number of benzene rings is 1. The minimum absolute atomic E-state index is 0.814. The largest absolute Gasteiger partial charge is 0.340 e. The number of para-hydroxylation sites is 1. The number of pyridine rings is 1. The molecule has 0 saturated heterocycles. The highest BCUT2D eigenvalue weighted by Gasteiger charge is 1.91. The summed E-state index contributed by atoms with van der Waals surface area (Å²) in [6, 6.07) is 16.5. The summed E-state index contributed by atoms with van der Waals surface area (Å²) in [5, 5.41) is 3.16. The van der Waals surface area contributed by atoms with Gasteiger partial charge in [0.25, 0.3) is 0 Å². The number of aromatic nitrogens is 1. The average molecular weight is 169 g/mol. The van der Waals surface area contributed by atoms with E-state index in [1.54, 1.807) is 12.3 Å². The molecule has 0 bridgehead atoms. The molecule has 13 heavy (non-hydrogen) atoms. The van der Waals surface area contributed by atoms with Crippen LogP contribution in [0.1, 0.15) is 0 Å². The summed E-state index contributed by atoms with van der Waals surface area (Å²) in [6.07, 6.45) is 1.71. The van der Waals surface area contributed by atoms with E-state index in [2.05, 4.69) is 16.4 Å². The van der Waals surface area contributed by atoms with E-state index in [-0.39, 0.29) is 0 Å². The zero-order chi connectivity index (χ0) is 8.93. The minimum Gasteiger partial charge on any atom is -0.340 e. The first-order valence-corrected chi connectivity index (χ1v) is 4.09.